The summed E-state index contributed by atoms with van der Waals surface area (Å²) in [4.78, 5) is 0. The number of aromatic nitrogens is 2. The summed E-state index contributed by atoms with van der Waals surface area (Å²) in [5.41, 5.74) is 0. The maximum absolute atomic E-state index is 5.44. The van der Waals surface area contributed by atoms with E-state index in [2.05, 4.69) is 31.4 Å². The van der Waals surface area contributed by atoms with Crippen LogP contribution in [0.25, 0.3) is 10.8 Å². The smallest absolute Gasteiger partial charge is 0.183 e. The van der Waals surface area contributed by atoms with Gasteiger partial charge in [-0.25, -0.2) is 0 Å². The lowest BCUT2D eigenvalue weighted by molar-refractivity contribution is 0.554. The Morgan fingerprint density at radius 3 is 3.00 bits per heavy atom. The summed E-state index contributed by atoms with van der Waals surface area (Å²) >= 11 is 4.88. The Hall–Kier alpha value is -0.720. The molecule has 1 aliphatic carbocycles. The van der Waals surface area contributed by atoms with Crippen molar-refractivity contribution < 1.29 is 4.42 Å². The Morgan fingerprint density at radius 1 is 1.41 bits per heavy atom. The molecule has 0 saturated heterocycles. The van der Waals surface area contributed by atoms with Crippen molar-refractivity contribution in [2.75, 3.05) is 6.54 Å². The van der Waals surface area contributed by atoms with E-state index in [4.69, 9.17) is 4.42 Å². The predicted octanol–water partition coefficient (Wildman–Crippen LogP) is 2.86. The van der Waals surface area contributed by atoms with Gasteiger partial charge < -0.3 is 9.73 Å². The number of hydrogen-bond donors (Lipinski definition) is 1. The first kappa shape index (κ1) is 11.4. The Bertz CT molecular complexity index is 506. The molecule has 90 valence electrons. The van der Waals surface area contributed by atoms with Gasteiger partial charge in [0.05, 0.1) is 0 Å². The van der Waals surface area contributed by atoms with Gasteiger partial charge in [-0.15, -0.1) is 10.2 Å². The van der Waals surface area contributed by atoms with Crippen LogP contribution in [-0.4, -0.2) is 22.8 Å². The van der Waals surface area contributed by atoms with Gasteiger partial charge in [0.1, 0.15) is 5.01 Å². The number of nitrogens with zero attached hydrogens (tertiary/aromatic N) is 2. The van der Waals surface area contributed by atoms with Crippen molar-refractivity contribution in [3.63, 3.8) is 0 Å². The fourth-order valence-corrected chi connectivity index (χ4v) is 2.66. The molecule has 0 unspecified atom stereocenters. The third-order valence-corrected chi connectivity index (χ3v) is 4.02. The zero-order chi connectivity index (χ0) is 11.7. The summed E-state index contributed by atoms with van der Waals surface area (Å²) in [6.07, 6.45) is 3.58. The second-order valence-corrected chi connectivity index (χ2v) is 5.93. The molecule has 0 atom stereocenters. The Balaban J connectivity index is 1.61. The van der Waals surface area contributed by atoms with E-state index in [9.17, 15) is 0 Å². The van der Waals surface area contributed by atoms with Crippen LogP contribution in [0.1, 0.15) is 17.8 Å². The van der Waals surface area contributed by atoms with Crippen molar-refractivity contribution in [2.45, 2.75) is 25.3 Å². The minimum atomic E-state index is 0.722. The molecule has 2 aromatic rings. The lowest BCUT2D eigenvalue weighted by atomic mass is 10.4. The highest BCUT2D eigenvalue weighted by atomic mass is 79.9. The van der Waals surface area contributed by atoms with Crippen molar-refractivity contribution in [3.8, 4) is 10.8 Å². The van der Waals surface area contributed by atoms with Gasteiger partial charge in [-0.1, -0.05) is 11.3 Å². The van der Waals surface area contributed by atoms with E-state index in [1.54, 1.807) is 11.3 Å². The average molecular weight is 314 g/mol. The maximum Gasteiger partial charge on any atom is 0.183 e. The second kappa shape index (κ2) is 4.88. The van der Waals surface area contributed by atoms with E-state index in [0.717, 1.165) is 39.5 Å². The molecule has 0 spiro atoms. The van der Waals surface area contributed by atoms with E-state index in [-0.39, 0.29) is 0 Å². The third kappa shape index (κ3) is 2.94. The highest BCUT2D eigenvalue weighted by molar-refractivity contribution is 9.10. The molecule has 1 fully saturated rings. The third-order valence-electron chi connectivity index (χ3n) is 2.60. The van der Waals surface area contributed by atoms with Gasteiger partial charge in [0.15, 0.2) is 15.4 Å². The molecule has 2 aromatic heterocycles. The molecule has 0 bridgehead atoms. The monoisotopic (exact) mass is 313 g/mol. The highest BCUT2D eigenvalue weighted by Crippen LogP contribution is 2.27. The first-order valence-electron chi connectivity index (χ1n) is 5.63. The lowest BCUT2D eigenvalue weighted by Gasteiger charge is -1.97. The van der Waals surface area contributed by atoms with Gasteiger partial charge >= 0.3 is 0 Å². The predicted molar refractivity (Wildman–Crippen MR) is 70.0 cm³/mol. The van der Waals surface area contributed by atoms with Crippen molar-refractivity contribution in [2.24, 2.45) is 0 Å². The normalized spacial score (nSPS) is 15.4. The first-order chi connectivity index (χ1) is 8.31. The molecule has 1 N–H and O–H groups in total. The zero-order valence-electron chi connectivity index (χ0n) is 9.15. The van der Waals surface area contributed by atoms with Crippen LogP contribution in [0.4, 0.5) is 0 Å². The number of rotatable bonds is 5. The van der Waals surface area contributed by atoms with E-state index < -0.39 is 0 Å². The Labute approximate surface area is 112 Å². The van der Waals surface area contributed by atoms with E-state index in [1.165, 1.54) is 12.8 Å². The van der Waals surface area contributed by atoms with E-state index in [0.29, 0.717) is 0 Å². The van der Waals surface area contributed by atoms with Gasteiger partial charge in [0.2, 0.25) is 0 Å². The number of hydrogen-bond acceptors (Lipinski definition) is 5. The van der Waals surface area contributed by atoms with E-state index >= 15 is 0 Å². The fourth-order valence-electron chi connectivity index (χ4n) is 1.55. The van der Waals surface area contributed by atoms with Gasteiger partial charge in [-0.2, -0.15) is 0 Å². The molecule has 0 aliphatic heterocycles. The van der Waals surface area contributed by atoms with Crippen molar-refractivity contribution in [1.29, 1.82) is 0 Å². The summed E-state index contributed by atoms with van der Waals surface area (Å²) in [6, 6.07) is 4.52. The molecule has 2 heterocycles. The minimum absolute atomic E-state index is 0.722. The molecule has 17 heavy (non-hydrogen) atoms. The number of nitrogens with one attached hydrogen (secondary N) is 1. The van der Waals surface area contributed by atoms with Gasteiger partial charge in [0, 0.05) is 19.0 Å². The SMILES string of the molecule is Brc1ccc(-c2nnc(CCNC3CC3)s2)o1. The van der Waals surface area contributed by atoms with Crippen LogP contribution >= 0.6 is 27.3 Å². The van der Waals surface area contributed by atoms with Gasteiger partial charge in [-0.05, 0) is 40.9 Å². The maximum atomic E-state index is 5.44. The van der Waals surface area contributed by atoms with Crippen LogP contribution in [0.15, 0.2) is 21.2 Å². The Kier molecular flexibility index (Phi) is 3.26. The van der Waals surface area contributed by atoms with Crippen LogP contribution in [0.2, 0.25) is 0 Å². The minimum Gasteiger partial charge on any atom is -0.447 e. The summed E-state index contributed by atoms with van der Waals surface area (Å²) < 4.78 is 6.17. The molecule has 0 aromatic carbocycles. The molecule has 4 nitrogen and oxygen atoms in total. The average Bonchev–Trinajstić information content (AvgIpc) is 2.85. The van der Waals surface area contributed by atoms with Crippen LogP contribution < -0.4 is 5.32 Å². The van der Waals surface area contributed by atoms with Crippen molar-refractivity contribution >= 4 is 27.3 Å². The summed E-state index contributed by atoms with van der Waals surface area (Å²) in [5.74, 6) is 0.774. The van der Waals surface area contributed by atoms with Crippen LogP contribution in [-0.2, 0) is 6.42 Å². The zero-order valence-corrected chi connectivity index (χ0v) is 11.6. The molecule has 6 heteroatoms. The number of halogens is 1. The number of furan rings is 1. The van der Waals surface area contributed by atoms with Crippen LogP contribution in [0.5, 0.6) is 0 Å². The molecule has 0 radical (unpaired) electrons. The van der Waals surface area contributed by atoms with E-state index in [1.807, 2.05) is 12.1 Å². The van der Waals surface area contributed by atoms with Crippen LogP contribution in [0, 0.1) is 0 Å². The quantitative estimate of drug-likeness (QED) is 0.922. The molecule has 0 amide bonds. The molecular formula is C11H12BrN3OS. The molecule has 3 rings (SSSR count). The molecule has 1 saturated carbocycles. The fraction of sp³-hybridized carbons (Fsp3) is 0.455. The van der Waals surface area contributed by atoms with Crippen molar-refractivity contribution in [3.05, 3.63) is 21.8 Å². The second-order valence-electron chi connectivity index (χ2n) is 4.08. The standard InChI is InChI=1S/C11H12BrN3OS/c12-9-4-3-8(16-9)11-15-14-10(17-11)5-6-13-7-1-2-7/h3-4,7,13H,1-2,5-6H2. The van der Waals surface area contributed by atoms with Gasteiger partial charge in [0.25, 0.3) is 0 Å². The lowest BCUT2D eigenvalue weighted by Crippen LogP contribution is -2.19. The topological polar surface area (TPSA) is 51.0 Å². The summed E-state index contributed by atoms with van der Waals surface area (Å²) in [7, 11) is 0. The molecule has 1 aliphatic rings. The van der Waals surface area contributed by atoms with Gasteiger partial charge in [-0.3, -0.25) is 0 Å². The Morgan fingerprint density at radius 2 is 2.29 bits per heavy atom. The summed E-state index contributed by atoms with van der Waals surface area (Å²) in [6.45, 7) is 0.987. The summed E-state index contributed by atoms with van der Waals surface area (Å²) in [5, 5.41) is 13.7. The van der Waals surface area contributed by atoms with Crippen molar-refractivity contribution in [1.82, 2.24) is 15.5 Å². The highest BCUT2D eigenvalue weighted by Gasteiger charge is 2.20. The first-order valence-corrected chi connectivity index (χ1v) is 7.24. The molecular weight excluding hydrogens is 302 g/mol. The van der Waals surface area contributed by atoms with Crippen LogP contribution in [0.3, 0.4) is 0 Å². The largest absolute Gasteiger partial charge is 0.447 e.